The van der Waals surface area contributed by atoms with Gasteiger partial charge in [0.2, 0.25) is 0 Å². The monoisotopic (exact) mass is 357 g/mol. The Hall–Kier alpha value is -1.62. The fraction of sp³-hybridized carbons (Fsp3) is 0.714. The van der Waals surface area contributed by atoms with E-state index in [4.69, 9.17) is 0 Å². The molecule has 0 spiro atoms. The summed E-state index contributed by atoms with van der Waals surface area (Å²) in [4.78, 5) is 29.9. The summed E-state index contributed by atoms with van der Waals surface area (Å²) in [6.45, 7) is 5.21. The van der Waals surface area contributed by atoms with Gasteiger partial charge in [0.15, 0.2) is 0 Å². The molecule has 0 saturated carbocycles. The summed E-state index contributed by atoms with van der Waals surface area (Å²) in [7, 11) is 1.72. The number of aryl methyl sites for hydroxylation is 1. The first-order valence-electron chi connectivity index (χ1n) is 10.3. The van der Waals surface area contributed by atoms with Gasteiger partial charge >= 0.3 is 0 Å². The number of nitrogens with zero attached hydrogens (tertiary/aromatic N) is 3. The second-order valence-electron chi connectivity index (χ2n) is 8.49. The average Bonchev–Trinajstić information content (AvgIpc) is 2.66. The van der Waals surface area contributed by atoms with Crippen molar-refractivity contribution >= 4 is 5.91 Å². The summed E-state index contributed by atoms with van der Waals surface area (Å²) in [5, 5.41) is 0. The Morgan fingerprint density at radius 3 is 2.81 bits per heavy atom. The van der Waals surface area contributed by atoms with Gasteiger partial charge in [-0.2, -0.15) is 0 Å². The van der Waals surface area contributed by atoms with Crippen molar-refractivity contribution in [3.63, 3.8) is 0 Å². The van der Waals surface area contributed by atoms with Gasteiger partial charge in [0, 0.05) is 50.0 Å². The van der Waals surface area contributed by atoms with Crippen molar-refractivity contribution in [1.29, 1.82) is 0 Å². The minimum absolute atomic E-state index is 0.0388. The molecule has 142 valence electrons. The van der Waals surface area contributed by atoms with E-state index in [1.807, 2.05) is 4.90 Å². The summed E-state index contributed by atoms with van der Waals surface area (Å²) >= 11 is 0. The zero-order chi connectivity index (χ0) is 18.3. The van der Waals surface area contributed by atoms with Crippen LogP contribution < -0.4 is 5.56 Å². The van der Waals surface area contributed by atoms with Crippen LogP contribution in [0.5, 0.6) is 0 Å². The van der Waals surface area contributed by atoms with Gasteiger partial charge in [0.1, 0.15) is 0 Å². The van der Waals surface area contributed by atoms with Gasteiger partial charge in [0.25, 0.3) is 11.5 Å². The Labute approximate surface area is 156 Å². The fourth-order valence-corrected chi connectivity index (χ4v) is 5.63. The molecule has 1 amide bonds. The lowest BCUT2D eigenvalue weighted by Crippen LogP contribution is -2.64. The van der Waals surface area contributed by atoms with Crippen molar-refractivity contribution < 1.29 is 4.79 Å². The van der Waals surface area contributed by atoms with Gasteiger partial charge in [-0.25, -0.2) is 0 Å². The van der Waals surface area contributed by atoms with Gasteiger partial charge in [0.05, 0.1) is 0 Å². The number of likely N-dealkylation sites (tertiary alicyclic amines) is 1. The number of aromatic nitrogens is 1. The van der Waals surface area contributed by atoms with E-state index >= 15 is 0 Å². The third-order valence-electron chi connectivity index (χ3n) is 6.84. The Bertz CT molecular complexity index is 728. The van der Waals surface area contributed by atoms with Crippen molar-refractivity contribution in [2.24, 2.45) is 18.9 Å². The zero-order valence-corrected chi connectivity index (χ0v) is 16.1. The number of hydrogen-bond acceptors (Lipinski definition) is 3. The molecule has 0 radical (unpaired) electrons. The van der Waals surface area contributed by atoms with E-state index in [1.165, 1.54) is 55.7 Å². The number of rotatable bonds is 3. The highest BCUT2D eigenvalue weighted by atomic mass is 16.2. The first kappa shape index (κ1) is 17.8. The number of carbonyl (C=O) groups is 1. The predicted molar refractivity (Wildman–Crippen MR) is 102 cm³/mol. The minimum atomic E-state index is -0.115. The van der Waals surface area contributed by atoms with Gasteiger partial charge in [-0.05, 0) is 50.1 Å². The Morgan fingerprint density at radius 2 is 2.04 bits per heavy atom. The zero-order valence-electron chi connectivity index (χ0n) is 16.1. The van der Waals surface area contributed by atoms with Crippen LogP contribution in [0.15, 0.2) is 23.1 Å². The fourth-order valence-electron chi connectivity index (χ4n) is 5.63. The highest BCUT2D eigenvalue weighted by Gasteiger charge is 2.47. The number of amides is 1. The number of carbonyl (C=O) groups excluding carboxylic acids is 1. The lowest BCUT2D eigenvalue weighted by atomic mass is 9.71. The normalized spacial score (nSPS) is 31.5. The largest absolute Gasteiger partial charge is 0.338 e. The highest BCUT2D eigenvalue weighted by Crippen LogP contribution is 2.42. The molecule has 5 nitrogen and oxygen atoms in total. The second-order valence-corrected chi connectivity index (χ2v) is 8.49. The molecule has 3 fully saturated rings. The molecule has 0 N–H and O–H groups in total. The molecule has 26 heavy (non-hydrogen) atoms. The second kappa shape index (κ2) is 7.18. The molecule has 3 aliphatic heterocycles. The summed E-state index contributed by atoms with van der Waals surface area (Å²) < 4.78 is 1.51. The van der Waals surface area contributed by atoms with Crippen LogP contribution in [0.25, 0.3) is 0 Å². The van der Waals surface area contributed by atoms with Crippen molar-refractivity contribution in [1.82, 2.24) is 14.4 Å². The van der Waals surface area contributed by atoms with Crippen molar-refractivity contribution in [3.05, 3.63) is 34.2 Å². The number of piperidine rings is 3. The molecule has 4 rings (SSSR count). The maximum atomic E-state index is 13.1. The van der Waals surface area contributed by atoms with Crippen LogP contribution in [0.4, 0.5) is 0 Å². The van der Waals surface area contributed by atoms with Crippen molar-refractivity contribution in [2.75, 3.05) is 19.6 Å². The maximum absolute atomic E-state index is 13.1. The SMILES string of the molecule is CCC[C@H]1[C@H]2C[C@H](CN(C(=O)c3ccn(C)c(=O)c3)C2)[C@@H]2CCCCN21. The maximum Gasteiger partial charge on any atom is 0.254 e. The molecule has 1 aromatic heterocycles. The standard InChI is InChI=1S/C21H31N3O2/c1-3-6-18-16-11-17(19-7-4-5-9-24(18)19)14-23(13-16)21(26)15-8-10-22(2)20(25)12-15/h8,10,12,16-19H,3-7,9,11,13-14H2,1-2H3/t16-,17+,18-,19-/m0/s1. The quantitative estimate of drug-likeness (QED) is 0.835. The minimum Gasteiger partial charge on any atom is -0.338 e. The highest BCUT2D eigenvalue weighted by molar-refractivity contribution is 5.94. The third kappa shape index (κ3) is 3.11. The van der Waals surface area contributed by atoms with Gasteiger partial charge in [-0.15, -0.1) is 0 Å². The van der Waals surface area contributed by atoms with Crippen LogP contribution in [0.2, 0.25) is 0 Å². The smallest absolute Gasteiger partial charge is 0.254 e. The molecule has 5 heteroatoms. The Morgan fingerprint density at radius 1 is 1.23 bits per heavy atom. The molecule has 4 atom stereocenters. The van der Waals surface area contributed by atoms with Crippen molar-refractivity contribution in [2.45, 2.75) is 57.5 Å². The molecule has 0 aromatic carbocycles. The van der Waals surface area contributed by atoms with Crippen LogP contribution in [-0.2, 0) is 7.05 Å². The number of fused-ring (bicyclic) bond motifs is 4. The van der Waals surface area contributed by atoms with Gasteiger partial charge in [-0.1, -0.05) is 19.8 Å². The molecular formula is C21H31N3O2. The van der Waals surface area contributed by atoms with Crippen LogP contribution in [-0.4, -0.2) is 52.0 Å². The summed E-state index contributed by atoms with van der Waals surface area (Å²) in [6.07, 6.45) is 9.34. The molecule has 4 heterocycles. The van der Waals surface area contributed by atoms with E-state index < -0.39 is 0 Å². The molecule has 3 aliphatic rings. The van der Waals surface area contributed by atoms with Crippen molar-refractivity contribution in [3.8, 4) is 0 Å². The van der Waals surface area contributed by atoms with E-state index in [1.54, 1.807) is 19.3 Å². The molecule has 0 aliphatic carbocycles. The molecule has 3 saturated heterocycles. The summed E-state index contributed by atoms with van der Waals surface area (Å²) in [5.74, 6) is 1.22. The van der Waals surface area contributed by atoms with Crippen LogP contribution in [0.3, 0.4) is 0 Å². The van der Waals surface area contributed by atoms with E-state index in [2.05, 4.69) is 11.8 Å². The average molecular weight is 357 g/mol. The predicted octanol–water partition coefficient (Wildman–Crippen LogP) is 2.50. The number of pyridine rings is 1. The number of hydrogen-bond donors (Lipinski definition) is 0. The first-order valence-corrected chi connectivity index (χ1v) is 10.3. The van der Waals surface area contributed by atoms with E-state index in [9.17, 15) is 9.59 Å². The van der Waals surface area contributed by atoms with E-state index in [-0.39, 0.29) is 11.5 Å². The molecular weight excluding hydrogens is 326 g/mol. The summed E-state index contributed by atoms with van der Waals surface area (Å²) in [5.41, 5.74) is 0.427. The molecule has 1 aromatic rings. The Kier molecular flexibility index (Phi) is 4.91. The Balaban J connectivity index is 1.57. The van der Waals surface area contributed by atoms with Gasteiger partial charge in [-0.3, -0.25) is 14.5 Å². The van der Waals surface area contributed by atoms with E-state index in [0.29, 0.717) is 29.5 Å². The topological polar surface area (TPSA) is 45.6 Å². The molecule has 0 unspecified atom stereocenters. The van der Waals surface area contributed by atoms with Crippen LogP contribution >= 0.6 is 0 Å². The molecule has 2 bridgehead atoms. The lowest BCUT2D eigenvalue weighted by Gasteiger charge is -2.57. The van der Waals surface area contributed by atoms with Crippen LogP contribution in [0.1, 0.15) is 55.8 Å². The lowest BCUT2D eigenvalue weighted by molar-refractivity contribution is -0.0670. The summed E-state index contributed by atoms with van der Waals surface area (Å²) in [6, 6.07) is 4.55. The van der Waals surface area contributed by atoms with Crippen LogP contribution in [0, 0.1) is 11.8 Å². The third-order valence-corrected chi connectivity index (χ3v) is 6.84. The van der Waals surface area contributed by atoms with E-state index in [0.717, 1.165) is 13.1 Å². The first-order chi connectivity index (χ1) is 12.6. The van der Waals surface area contributed by atoms with Gasteiger partial charge < -0.3 is 9.47 Å².